The fourth-order valence-corrected chi connectivity index (χ4v) is 3.61. The summed E-state index contributed by atoms with van der Waals surface area (Å²) in [6.07, 6.45) is -0.255. The molecule has 1 unspecified atom stereocenters. The molecule has 2 aliphatic rings. The van der Waals surface area contributed by atoms with Crippen LogP contribution in [0.15, 0.2) is 29.5 Å². The monoisotopic (exact) mass is 425 g/mol. The van der Waals surface area contributed by atoms with Gasteiger partial charge in [-0.1, -0.05) is 29.3 Å². The predicted octanol–water partition coefficient (Wildman–Crippen LogP) is 1.73. The minimum absolute atomic E-state index is 0.00218. The number of halogens is 2. The predicted molar refractivity (Wildman–Crippen MR) is 102 cm³/mol. The maximum atomic E-state index is 12.8. The molecule has 2 aliphatic heterocycles. The summed E-state index contributed by atoms with van der Waals surface area (Å²) in [4.78, 5) is 50.8. The van der Waals surface area contributed by atoms with Crippen molar-refractivity contribution in [3.8, 4) is 0 Å². The smallest absolute Gasteiger partial charge is 0.336 e. The molecule has 0 spiro atoms. The van der Waals surface area contributed by atoms with E-state index in [-0.39, 0.29) is 53.2 Å². The number of ether oxygens (including phenoxy) is 1. The molecular weight excluding hydrogens is 409 g/mol. The van der Waals surface area contributed by atoms with E-state index in [9.17, 15) is 19.2 Å². The van der Waals surface area contributed by atoms with Crippen molar-refractivity contribution in [3.05, 3.63) is 39.5 Å². The zero-order valence-corrected chi connectivity index (χ0v) is 16.4. The van der Waals surface area contributed by atoms with Gasteiger partial charge in [0.05, 0.1) is 34.3 Å². The molecule has 1 saturated heterocycles. The number of fused-ring (bicyclic) bond motifs is 1. The molecule has 2 N–H and O–H groups in total. The Balaban J connectivity index is 1.82. The Morgan fingerprint density at radius 1 is 1.32 bits per heavy atom. The third kappa shape index (κ3) is 3.83. The Morgan fingerprint density at radius 2 is 2.07 bits per heavy atom. The van der Waals surface area contributed by atoms with Crippen molar-refractivity contribution in [2.75, 3.05) is 25.5 Å². The summed E-state index contributed by atoms with van der Waals surface area (Å²) in [5, 5.41) is 5.70. The second-order valence-corrected chi connectivity index (χ2v) is 7.10. The van der Waals surface area contributed by atoms with E-state index in [4.69, 9.17) is 27.9 Å². The Kier molecular flexibility index (Phi) is 5.90. The van der Waals surface area contributed by atoms with Gasteiger partial charge in [-0.05, 0) is 18.6 Å². The standard InChI is InChI=1S/C18H17Cl2N3O5/c1-28-18(27)10-7-9(17(26)23-6-5-21-16(25)15(10)23)8-13(24)22-12-4-2-3-11(19)14(12)20/h2-4,9H,5-8H2,1H3,(H,21,25)(H,22,24). The first-order valence-electron chi connectivity index (χ1n) is 8.48. The van der Waals surface area contributed by atoms with Crippen LogP contribution >= 0.6 is 23.2 Å². The number of amides is 3. The van der Waals surface area contributed by atoms with Gasteiger partial charge in [-0.25, -0.2) is 4.79 Å². The highest BCUT2D eigenvalue weighted by Gasteiger charge is 2.42. The third-order valence-corrected chi connectivity index (χ3v) is 5.37. The van der Waals surface area contributed by atoms with Gasteiger partial charge in [0.2, 0.25) is 11.8 Å². The maximum Gasteiger partial charge on any atom is 0.336 e. The van der Waals surface area contributed by atoms with E-state index in [1.807, 2.05) is 0 Å². The molecule has 148 valence electrons. The lowest BCUT2D eigenvalue weighted by molar-refractivity contribution is -0.143. The lowest BCUT2D eigenvalue weighted by Gasteiger charge is -2.37. The van der Waals surface area contributed by atoms with Crippen LogP contribution < -0.4 is 10.6 Å². The zero-order valence-electron chi connectivity index (χ0n) is 14.9. The number of benzene rings is 1. The molecule has 0 bridgehead atoms. The van der Waals surface area contributed by atoms with Gasteiger partial charge in [-0.2, -0.15) is 0 Å². The first kappa shape index (κ1) is 20.2. The number of methoxy groups -OCH3 is 1. The first-order chi connectivity index (χ1) is 13.3. The van der Waals surface area contributed by atoms with Crippen molar-refractivity contribution in [3.63, 3.8) is 0 Å². The molecule has 1 atom stereocenters. The molecule has 0 saturated carbocycles. The second kappa shape index (κ2) is 8.20. The molecule has 1 fully saturated rings. The average molecular weight is 426 g/mol. The van der Waals surface area contributed by atoms with Crippen LogP contribution in [-0.4, -0.2) is 48.8 Å². The highest BCUT2D eigenvalue weighted by atomic mass is 35.5. The van der Waals surface area contributed by atoms with Crippen LogP contribution in [0.1, 0.15) is 12.8 Å². The summed E-state index contributed by atoms with van der Waals surface area (Å²) in [5.74, 6) is -2.86. The molecule has 10 heteroatoms. The summed E-state index contributed by atoms with van der Waals surface area (Å²) in [6.45, 7) is 0.484. The number of carbonyl (C=O) groups excluding carboxylic acids is 4. The highest BCUT2D eigenvalue weighted by molar-refractivity contribution is 6.44. The Morgan fingerprint density at radius 3 is 2.79 bits per heavy atom. The number of nitrogens with one attached hydrogen (secondary N) is 2. The molecule has 1 aromatic rings. The van der Waals surface area contributed by atoms with Crippen LogP contribution in [0.3, 0.4) is 0 Å². The van der Waals surface area contributed by atoms with Crippen molar-refractivity contribution in [2.45, 2.75) is 12.8 Å². The summed E-state index contributed by atoms with van der Waals surface area (Å²) < 4.78 is 4.75. The Bertz CT molecular complexity index is 899. The van der Waals surface area contributed by atoms with Gasteiger partial charge in [-0.15, -0.1) is 0 Å². The number of hydrogen-bond donors (Lipinski definition) is 2. The van der Waals surface area contributed by atoms with Gasteiger partial charge in [0.15, 0.2) is 0 Å². The molecule has 0 radical (unpaired) electrons. The van der Waals surface area contributed by atoms with Crippen LogP contribution in [0.4, 0.5) is 5.69 Å². The van der Waals surface area contributed by atoms with Crippen LogP contribution in [0.5, 0.6) is 0 Å². The van der Waals surface area contributed by atoms with E-state index < -0.39 is 23.7 Å². The van der Waals surface area contributed by atoms with Crippen molar-refractivity contribution in [2.24, 2.45) is 5.92 Å². The van der Waals surface area contributed by atoms with Crippen molar-refractivity contribution < 1.29 is 23.9 Å². The van der Waals surface area contributed by atoms with E-state index in [0.29, 0.717) is 5.69 Å². The number of nitrogens with zero attached hydrogens (tertiary/aromatic N) is 1. The van der Waals surface area contributed by atoms with E-state index in [1.54, 1.807) is 18.2 Å². The van der Waals surface area contributed by atoms with Crippen LogP contribution in [0.25, 0.3) is 0 Å². The fraction of sp³-hybridized carbons (Fsp3) is 0.333. The molecule has 8 nitrogen and oxygen atoms in total. The molecule has 3 amide bonds. The maximum absolute atomic E-state index is 12.8. The summed E-state index contributed by atoms with van der Waals surface area (Å²) in [7, 11) is 1.19. The number of rotatable bonds is 4. The van der Waals surface area contributed by atoms with E-state index in [0.717, 1.165) is 0 Å². The van der Waals surface area contributed by atoms with E-state index >= 15 is 0 Å². The number of hydrogen-bond acceptors (Lipinski definition) is 5. The van der Waals surface area contributed by atoms with Crippen LogP contribution in [-0.2, 0) is 23.9 Å². The van der Waals surface area contributed by atoms with Gasteiger partial charge >= 0.3 is 5.97 Å². The summed E-state index contributed by atoms with van der Waals surface area (Å²) in [6, 6.07) is 4.80. The van der Waals surface area contributed by atoms with E-state index in [1.165, 1.54) is 12.0 Å². The molecule has 28 heavy (non-hydrogen) atoms. The fourth-order valence-electron chi connectivity index (χ4n) is 3.26. The van der Waals surface area contributed by atoms with Crippen LogP contribution in [0.2, 0.25) is 10.0 Å². The third-order valence-electron chi connectivity index (χ3n) is 4.55. The average Bonchev–Trinajstić information content (AvgIpc) is 2.67. The Hall–Kier alpha value is -2.58. The molecule has 0 aromatic heterocycles. The van der Waals surface area contributed by atoms with Gasteiger partial charge in [0, 0.05) is 19.5 Å². The molecule has 0 aliphatic carbocycles. The summed E-state index contributed by atoms with van der Waals surface area (Å²) >= 11 is 12.0. The molecule has 2 heterocycles. The van der Waals surface area contributed by atoms with Gasteiger partial charge in [-0.3, -0.25) is 14.4 Å². The van der Waals surface area contributed by atoms with Crippen molar-refractivity contribution in [1.29, 1.82) is 0 Å². The quantitative estimate of drug-likeness (QED) is 0.714. The first-order valence-corrected chi connectivity index (χ1v) is 9.24. The minimum atomic E-state index is -0.804. The normalized spacial score (nSPS) is 19.1. The van der Waals surface area contributed by atoms with Crippen molar-refractivity contribution >= 4 is 52.6 Å². The molecule has 3 rings (SSSR count). The number of carbonyl (C=O) groups is 4. The van der Waals surface area contributed by atoms with Gasteiger partial charge < -0.3 is 20.3 Å². The van der Waals surface area contributed by atoms with Gasteiger partial charge in [0.25, 0.3) is 5.91 Å². The topological polar surface area (TPSA) is 105 Å². The number of esters is 1. The molecular formula is C18H17Cl2N3O5. The number of piperazine rings is 1. The summed E-state index contributed by atoms with van der Waals surface area (Å²) in [5.41, 5.74) is 0.403. The highest BCUT2D eigenvalue weighted by Crippen LogP contribution is 2.33. The lowest BCUT2D eigenvalue weighted by Crippen LogP contribution is -2.53. The van der Waals surface area contributed by atoms with Gasteiger partial charge in [0.1, 0.15) is 5.70 Å². The Labute approximate surface area is 170 Å². The lowest BCUT2D eigenvalue weighted by atomic mass is 9.88. The SMILES string of the molecule is COC(=O)C1=C2C(=O)NCCN2C(=O)C(CC(=O)Nc2cccc(Cl)c2Cl)C1. The molecule has 1 aromatic carbocycles. The van der Waals surface area contributed by atoms with Crippen LogP contribution in [0, 0.1) is 5.92 Å². The number of anilines is 1. The van der Waals surface area contributed by atoms with E-state index in [2.05, 4.69) is 10.6 Å². The second-order valence-electron chi connectivity index (χ2n) is 6.32. The van der Waals surface area contributed by atoms with Crippen molar-refractivity contribution in [1.82, 2.24) is 10.2 Å². The minimum Gasteiger partial charge on any atom is -0.466 e. The zero-order chi connectivity index (χ0) is 20.4. The largest absolute Gasteiger partial charge is 0.466 e.